The standard InChI is InChI=1S/C23H21N3O3/c1-27-16-10-8-15(9-11-16)22-18-6-4-5-7-19(18)23(26-25-22)24-20-14-17(28-2)12-13-21(20)29-3/h4-14H,1-3H3,(H,24,26). The van der Waals surface area contributed by atoms with E-state index in [4.69, 9.17) is 14.2 Å². The van der Waals surface area contributed by atoms with Gasteiger partial charge in [0.25, 0.3) is 0 Å². The Morgan fingerprint density at radius 3 is 2.07 bits per heavy atom. The van der Waals surface area contributed by atoms with E-state index in [1.165, 1.54) is 0 Å². The molecule has 6 nitrogen and oxygen atoms in total. The van der Waals surface area contributed by atoms with E-state index in [0.717, 1.165) is 39.2 Å². The second kappa shape index (κ2) is 8.06. The summed E-state index contributed by atoms with van der Waals surface area (Å²) in [6, 6.07) is 21.4. The Hall–Kier alpha value is -3.80. The molecule has 4 rings (SSSR count). The summed E-state index contributed by atoms with van der Waals surface area (Å²) in [4.78, 5) is 0. The molecule has 0 bridgehead atoms. The van der Waals surface area contributed by atoms with Gasteiger partial charge in [0, 0.05) is 22.4 Å². The van der Waals surface area contributed by atoms with Crippen LogP contribution in [-0.2, 0) is 0 Å². The number of anilines is 2. The quantitative estimate of drug-likeness (QED) is 0.498. The molecule has 0 spiro atoms. The topological polar surface area (TPSA) is 65.5 Å². The van der Waals surface area contributed by atoms with Gasteiger partial charge in [0.15, 0.2) is 5.82 Å². The fourth-order valence-corrected chi connectivity index (χ4v) is 3.20. The Morgan fingerprint density at radius 1 is 0.690 bits per heavy atom. The molecule has 0 atom stereocenters. The summed E-state index contributed by atoms with van der Waals surface area (Å²) in [7, 11) is 4.91. The van der Waals surface area contributed by atoms with Crippen LogP contribution >= 0.6 is 0 Å². The van der Waals surface area contributed by atoms with E-state index in [2.05, 4.69) is 15.5 Å². The number of methoxy groups -OCH3 is 3. The van der Waals surface area contributed by atoms with Crippen molar-refractivity contribution in [1.82, 2.24) is 10.2 Å². The van der Waals surface area contributed by atoms with Crippen molar-refractivity contribution in [2.24, 2.45) is 0 Å². The van der Waals surface area contributed by atoms with Gasteiger partial charge < -0.3 is 19.5 Å². The Balaban J connectivity index is 1.80. The van der Waals surface area contributed by atoms with Crippen LogP contribution in [0.5, 0.6) is 17.2 Å². The highest BCUT2D eigenvalue weighted by Crippen LogP contribution is 2.35. The van der Waals surface area contributed by atoms with Crippen LogP contribution in [0.1, 0.15) is 0 Å². The maximum absolute atomic E-state index is 5.47. The molecule has 1 aromatic heterocycles. The smallest absolute Gasteiger partial charge is 0.161 e. The van der Waals surface area contributed by atoms with Gasteiger partial charge in [-0.05, 0) is 36.4 Å². The Kier molecular flexibility index (Phi) is 5.16. The summed E-state index contributed by atoms with van der Waals surface area (Å²) >= 11 is 0. The minimum absolute atomic E-state index is 0.643. The predicted molar refractivity (Wildman–Crippen MR) is 114 cm³/mol. The first-order chi connectivity index (χ1) is 14.2. The second-order valence-electron chi connectivity index (χ2n) is 6.36. The Bertz CT molecular complexity index is 1140. The fourth-order valence-electron chi connectivity index (χ4n) is 3.20. The first-order valence-electron chi connectivity index (χ1n) is 9.12. The zero-order chi connectivity index (χ0) is 20.2. The summed E-state index contributed by atoms with van der Waals surface area (Å²) in [5.74, 6) is 2.86. The minimum atomic E-state index is 0.643. The molecule has 3 aromatic carbocycles. The van der Waals surface area contributed by atoms with Gasteiger partial charge in [0.2, 0.25) is 0 Å². The lowest BCUT2D eigenvalue weighted by Gasteiger charge is -2.14. The zero-order valence-electron chi connectivity index (χ0n) is 16.5. The molecule has 0 radical (unpaired) electrons. The summed E-state index contributed by atoms with van der Waals surface area (Å²) in [6.45, 7) is 0. The van der Waals surface area contributed by atoms with E-state index in [1.807, 2.05) is 66.7 Å². The molecule has 6 heteroatoms. The number of rotatable bonds is 6. The van der Waals surface area contributed by atoms with E-state index in [9.17, 15) is 0 Å². The molecule has 29 heavy (non-hydrogen) atoms. The van der Waals surface area contributed by atoms with Crippen LogP contribution < -0.4 is 19.5 Å². The molecule has 0 aliphatic heterocycles. The highest BCUT2D eigenvalue weighted by atomic mass is 16.5. The SMILES string of the molecule is COc1ccc(-c2nnc(Nc3cc(OC)ccc3OC)c3ccccc23)cc1. The minimum Gasteiger partial charge on any atom is -0.497 e. The normalized spacial score (nSPS) is 10.6. The number of hydrogen-bond acceptors (Lipinski definition) is 6. The van der Waals surface area contributed by atoms with Crippen molar-refractivity contribution >= 4 is 22.3 Å². The summed E-state index contributed by atoms with van der Waals surface area (Å²) in [5, 5.41) is 14.3. The first kappa shape index (κ1) is 18.6. The zero-order valence-corrected chi connectivity index (χ0v) is 16.5. The van der Waals surface area contributed by atoms with E-state index in [0.29, 0.717) is 11.6 Å². The molecular formula is C23H21N3O3. The van der Waals surface area contributed by atoms with Crippen molar-refractivity contribution in [2.75, 3.05) is 26.6 Å². The third-order valence-corrected chi connectivity index (χ3v) is 4.71. The van der Waals surface area contributed by atoms with Gasteiger partial charge in [0.05, 0.1) is 27.0 Å². The van der Waals surface area contributed by atoms with Crippen LogP contribution in [0.3, 0.4) is 0 Å². The molecule has 146 valence electrons. The first-order valence-corrected chi connectivity index (χ1v) is 9.12. The van der Waals surface area contributed by atoms with Gasteiger partial charge in [-0.15, -0.1) is 10.2 Å². The number of nitrogens with one attached hydrogen (secondary N) is 1. The average Bonchev–Trinajstić information content (AvgIpc) is 2.79. The Morgan fingerprint density at radius 2 is 1.38 bits per heavy atom. The number of fused-ring (bicyclic) bond motifs is 1. The van der Waals surface area contributed by atoms with Crippen molar-refractivity contribution in [3.05, 3.63) is 66.7 Å². The number of ether oxygens (including phenoxy) is 3. The molecule has 1 N–H and O–H groups in total. The highest BCUT2D eigenvalue weighted by molar-refractivity contribution is 6.01. The molecule has 0 aliphatic rings. The van der Waals surface area contributed by atoms with E-state index in [-0.39, 0.29) is 0 Å². The largest absolute Gasteiger partial charge is 0.497 e. The van der Waals surface area contributed by atoms with Crippen LogP contribution in [0.25, 0.3) is 22.0 Å². The summed E-state index contributed by atoms with van der Waals surface area (Å²) in [5.41, 5.74) is 2.54. The molecule has 4 aromatic rings. The lowest BCUT2D eigenvalue weighted by Crippen LogP contribution is -2.01. The van der Waals surface area contributed by atoms with Crippen molar-refractivity contribution in [2.45, 2.75) is 0 Å². The predicted octanol–water partition coefficient (Wildman–Crippen LogP) is 5.07. The molecule has 0 unspecified atom stereocenters. The monoisotopic (exact) mass is 387 g/mol. The number of aromatic nitrogens is 2. The van der Waals surface area contributed by atoms with Crippen LogP contribution in [0.2, 0.25) is 0 Å². The third-order valence-electron chi connectivity index (χ3n) is 4.71. The molecule has 1 heterocycles. The van der Waals surface area contributed by atoms with Crippen LogP contribution in [0.15, 0.2) is 66.7 Å². The van der Waals surface area contributed by atoms with Gasteiger partial charge in [-0.2, -0.15) is 0 Å². The van der Waals surface area contributed by atoms with Crippen LogP contribution in [0, 0.1) is 0 Å². The molecule has 0 aliphatic carbocycles. The molecule has 0 amide bonds. The Labute approximate surface area is 169 Å². The second-order valence-corrected chi connectivity index (χ2v) is 6.36. The molecule has 0 fully saturated rings. The van der Waals surface area contributed by atoms with Crippen molar-refractivity contribution in [1.29, 1.82) is 0 Å². The number of benzene rings is 3. The highest BCUT2D eigenvalue weighted by Gasteiger charge is 2.13. The van der Waals surface area contributed by atoms with Gasteiger partial charge in [-0.25, -0.2) is 0 Å². The molecule has 0 saturated heterocycles. The lowest BCUT2D eigenvalue weighted by molar-refractivity contribution is 0.405. The third kappa shape index (κ3) is 3.65. The maximum atomic E-state index is 5.47. The summed E-state index contributed by atoms with van der Waals surface area (Å²) < 4.78 is 16.1. The summed E-state index contributed by atoms with van der Waals surface area (Å²) in [6.07, 6.45) is 0. The van der Waals surface area contributed by atoms with Crippen molar-refractivity contribution < 1.29 is 14.2 Å². The van der Waals surface area contributed by atoms with Crippen LogP contribution in [0.4, 0.5) is 11.5 Å². The maximum Gasteiger partial charge on any atom is 0.161 e. The van der Waals surface area contributed by atoms with Gasteiger partial charge in [-0.1, -0.05) is 24.3 Å². The van der Waals surface area contributed by atoms with E-state index in [1.54, 1.807) is 21.3 Å². The van der Waals surface area contributed by atoms with Gasteiger partial charge in [-0.3, -0.25) is 0 Å². The van der Waals surface area contributed by atoms with E-state index < -0.39 is 0 Å². The van der Waals surface area contributed by atoms with Gasteiger partial charge >= 0.3 is 0 Å². The van der Waals surface area contributed by atoms with Crippen molar-refractivity contribution in [3.8, 4) is 28.5 Å². The average molecular weight is 387 g/mol. The van der Waals surface area contributed by atoms with Crippen molar-refractivity contribution in [3.63, 3.8) is 0 Å². The molecule has 0 saturated carbocycles. The molecular weight excluding hydrogens is 366 g/mol. The number of hydrogen-bond donors (Lipinski definition) is 1. The lowest BCUT2D eigenvalue weighted by atomic mass is 10.0. The van der Waals surface area contributed by atoms with Gasteiger partial charge in [0.1, 0.15) is 22.9 Å². The van der Waals surface area contributed by atoms with E-state index >= 15 is 0 Å². The van der Waals surface area contributed by atoms with Crippen LogP contribution in [-0.4, -0.2) is 31.5 Å². The fraction of sp³-hybridized carbons (Fsp3) is 0.130. The number of nitrogens with zero attached hydrogens (tertiary/aromatic N) is 2.